The molecule has 0 spiro atoms. The Morgan fingerprint density at radius 1 is 1.42 bits per heavy atom. The third-order valence-corrected chi connectivity index (χ3v) is 6.04. The van der Waals surface area contributed by atoms with Crippen LogP contribution in [0.2, 0.25) is 0 Å². The van der Waals surface area contributed by atoms with Crippen LogP contribution in [0.1, 0.15) is 37.4 Å². The zero-order valence-corrected chi connectivity index (χ0v) is 15.0. The van der Waals surface area contributed by atoms with Gasteiger partial charge in [0.2, 0.25) is 0 Å². The van der Waals surface area contributed by atoms with Gasteiger partial charge in [-0.25, -0.2) is 0 Å². The van der Waals surface area contributed by atoms with Crippen molar-refractivity contribution < 1.29 is 9.47 Å². The molecule has 3 heterocycles. The Labute approximate surface area is 144 Å². The summed E-state index contributed by atoms with van der Waals surface area (Å²) in [6.07, 6.45) is 4.75. The average Bonchev–Trinajstić information content (AvgIpc) is 3.28. The fourth-order valence-corrected chi connectivity index (χ4v) is 4.51. The minimum atomic E-state index is 0.0799. The smallest absolute Gasteiger partial charge is 0.128 e. The topological polar surface area (TPSA) is 37.5 Å². The molecule has 130 valence electrons. The number of rotatable bonds is 4. The van der Waals surface area contributed by atoms with Gasteiger partial charge in [0.15, 0.2) is 0 Å². The van der Waals surface area contributed by atoms with Crippen molar-refractivity contribution in [2.75, 3.05) is 33.9 Å². The molecular weight excluding hydrogens is 300 g/mol. The predicted molar refractivity (Wildman–Crippen MR) is 97.0 cm³/mol. The monoisotopic (exact) mass is 328 g/mol. The Kier molecular flexibility index (Phi) is 4.05. The first-order valence-electron chi connectivity index (χ1n) is 9.08. The quantitative estimate of drug-likeness (QED) is 0.933. The van der Waals surface area contributed by atoms with Gasteiger partial charge in [-0.1, -0.05) is 13.0 Å². The van der Waals surface area contributed by atoms with Crippen LogP contribution in [0.3, 0.4) is 0 Å². The number of aromatic amines is 1. The van der Waals surface area contributed by atoms with E-state index in [0.717, 1.165) is 31.8 Å². The molecule has 0 saturated carbocycles. The maximum Gasteiger partial charge on any atom is 0.128 e. The summed E-state index contributed by atoms with van der Waals surface area (Å²) >= 11 is 0. The van der Waals surface area contributed by atoms with Crippen molar-refractivity contribution in [3.63, 3.8) is 0 Å². The molecule has 2 aliphatic rings. The number of likely N-dealkylation sites (tertiary alicyclic amines) is 1. The van der Waals surface area contributed by atoms with Crippen LogP contribution in [-0.4, -0.2) is 49.8 Å². The Morgan fingerprint density at radius 3 is 2.96 bits per heavy atom. The summed E-state index contributed by atoms with van der Waals surface area (Å²) in [5.41, 5.74) is 4.07. The number of H-pyrrole nitrogens is 1. The van der Waals surface area contributed by atoms with Crippen LogP contribution in [-0.2, 0) is 16.6 Å². The number of hydrogen-bond donors (Lipinski definition) is 1. The summed E-state index contributed by atoms with van der Waals surface area (Å²) in [4.78, 5) is 6.24. The number of hydrogen-bond acceptors (Lipinski definition) is 3. The molecule has 4 heteroatoms. The molecule has 0 unspecified atom stereocenters. The zero-order valence-electron chi connectivity index (χ0n) is 15.0. The van der Waals surface area contributed by atoms with E-state index in [-0.39, 0.29) is 5.41 Å². The summed E-state index contributed by atoms with van der Waals surface area (Å²) in [5, 5.41) is 1.27. The number of fused-ring (bicyclic) bond motifs is 1. The maximum atomic E-state index is 5.75. The zero-order chi connectivity index (χ0) is 16.7. The molecule has 1 aromatic carbocycles. The molecule has 24 heavy (non-hydrogen) atoms. The van der Waals surface area contributed by atoms with E-state index in [9.17, 15) is 0 Å². The molecule has 2 aromatic rings. The van der Waals surface area contributed by atoms with Crippen LogP contribution in [0.5, 0.6) is 5.75 Å². The van der Waals surface area contributed by atoms with E-state index in [4.69, 9.17) is 9.47 Å². The molecule has 2 saturated heterocycles. The van der Waals surface area contributed by atoms with Gasteiger partial charge in [0.1, 0.15) is 5.75 Å². The Bertz CT molecular complexity index is 731. The highest BCUT2D eigenvalue weighted by Gasteiger charge is 2.37. The second-order valence-electron chi connectivity index (χ2n) is 7.71. The number of ether oxygens (including phenoxy) is 2. The van der Waals surface area contributed by atoms with Gasteiger partial charge in [-0.05, 0) is 57.0 Å². The van der Waals surface area contributed by atoms with Gasteiger partial charge in [0, 0.05) is 34.7 Å². The van der Waals surface area contributed by atoms with E-state index in [1.165, 1.54) is 41.5 Å². The molecule has 4 rings (SSSR count). The molecule has 4 nitrogen and oxygen atoms in total. The number of likely N-dealkylation sites (N-methyl/N-ethyl adjacent to an activating group) is 1. The Hall–Kier alpha value is -1.52. The first-order chi connectivity index (χ1) is 11.6. The van der Waals surface area contributed by atoms with Gasteiger partial charge in [-0.2, -0.15) is 0 Å². The number of nitrogens with zero attached hydrogens (tertiary/aromatic N) is 1. The van der Waals surface area contributed by atoms with Crippen molar-refractivity contribution >= 4 is 10.9 Å². The van der Waals surface area contributed by atoms with E-state index < -0.39 is 0 Å². The molecule has 2 fully saturated rings. The molecule has 2 aliphatic heterocycles. The highest BCUT2D eigenvalue weighted by molar-refractivity contribution is 5.91. The van der Waals surface area contributed by atoms with Crippen molar-refractivity contribution in [3.8, 4) is 5.75 Å². The van der Waals surface area contributed by atoms with Crippen LogP contribution in [0, 0.1) is 0 Å². The largest absolute Gasteiger partial charge is 0.496 e. The van der Waals surface area contributed by atoms with Gasteiger partial charge in [-0.15, -0.1) is 0 Å². The summed E-state index contributed by atoms with van der Waals surface area (Å²) in [6.45, 7) is 5.19. The van der Waals surface area contributed by atoms with Gasteiger partial charge < -0.3 is 19.4 Å². The van der Waals surface area contributed by atoms with Gasteiger partial charge in [0.05, 0.1) is 13.7 Å². The van der Waals surface area contributed by atoms with E-state index in [2.05, 4.69) is 42.1 Å². The first kappa shape index (κ1) is 16.0. The molecule has 1 aromatic heterocycles. The van der Waals surface area contributed by atoms with E-state index in [1.807, 2.05) is 0 Å². The van der Waals surface area contributed by atoms with E-state index in [1.54, 1.807) is 7.11 Å². The van der Waals surface area contributed by atoms with Crippen LogP contribution in [0.4, 0.5) is 0 Å². The molecular formula is C20H28N2O2. The summed E-state index contributed by atoms with van der Waals surface area (Å²) in [6, 6.07) is 6.94. The lowest BCUT2D eigenvalue weighted by atomic mass is 9.82. The second-order valence-corrected chi connectivity index (χ2v) is 7.71. The molecule has 0 aliphatic carbocycles. The minimum absolute atomic E-state index is 0.0799. The lowest BCUT2D eigenvalue weighted by Gasteiger charge is -2.25. The molecule has 2 atom stereocenters. The first-order valence-corrected chi connectivity index (χ1v) is 9.08. The summed E-state index contributed by atoms with van der Waals surface area (Å²) in [5.74, 6) is 0.980. The van der Waals surface area contributed by atoms with Crippen molar-refractivity contribution in [2.45, 2.75) is 44.1 Å². The van der Waals surface area contributed by atoms with Crippen molar-refractivity contribution in [1.82, 2.24) is 9.88 Å². The van der Waals surface area contributed by atoms with Gasteiger partial charge in [-0.3, -0.25) is 0 Å². The fourth-order valence-electron chi connectivity index (χ4n) is 4.51. The Morgan fingerprint density at radius 2 is 2.29 bits per heavy atom. The third-order valence-electron chi connectivity index (χ3n) is 6.04. The molecule has 1 N–H and O–H groups in total. The highest BCUT2D eigenvalue weighted by Crippen LogP contribution is 2.41. The minimum Gasteiger partial charge on any atom is -0.496 e. The van der Waals surface area contributed by atoms with Crippen LogP contribution >= 0.6 is 0 Å². The number of nitrogens with one attached hydrogen (secondary N) is 1. The maximum absolute atomic E-state index is 5.75. The lowest BCUT2D eigenvalue weighted by molar-refractivity contribution is 0.180. The predicted octanol–water partition coefficient (Wildman–Crippen LogP) is 3.49. The number of aromatic nitrogens is 1. The molecule has 0 bridgehead atoms. The lowest BCUT2D eigenvalue weighted by Crippen LogP contribution is -2.29. The summed E-state index contributed by atoms with van der Waals surface area (Å²) < 4.78 is 11.5. The van der Waals surface area contributed by atoms with Crippen molar-refractivity contribution in [1.29, 1.82) is 0 Å². The molecule has 0 amide bonds. The van der Waals surface area contributed by atoms with E-state index in [0.29, 0.717) is 6.04 Å². The summed E-state index contributed by atoms with van der Waals surface area (Å²) in [7, 11) is 4.02. The number of methoxy groups -OCH3 is 1. The normalized spacial score (nSPS) is 28.0. The average molecular weight is 328 g/mol. The van der Waals surface area contributed by atoms with E-state index >= 15 is 0 Å². The van der Waals surface area contributed by atoms with Crippen LogP contribution in [0.25, 0.3) is 10.9 Å². The SMILES string of the molecule is COc1cccc2[nH]c([C@@]3(C)CCOC3)c(C[C@H]3CCCN3C)c12. The second kappa shape index (κ2) is 6.08. The highest BCUT2D eigenvalue weighted by atomic mass is 16.5. The Balaban J connectivity index is 1.86. The van der Waals surface area contributed by atoms with Crippen molar-refractivity contribution in [2.24, 2.45) is 0 Å². The third kappa shape index (κ3) is 2.52. The van der Waals surface area contributed by atoms with Crippen LogP contribution in [0.15, 0.2) is 18.2 Å². The molecule has 0 radical (unpaired) electrons. The van der Waals surface area contributed by atoms with Gasteiger partial charge >= 0.3 is 0 Å². The van der Waals surface area contributed by atoms with Gasteiger partial charge in [0.25, 0.3) is 0 Å². The fraction of sp³-hybridized carbons (Fsp3) is 0.600. The van der Waals surface area contributed by atoms with Crippen molar-refractivity contribution in [3.05, 3.63) is 29.5 Å². The standard InChI is InChI=1S/C20H28N2O2/c1-20(9-11-24-13-20)19-15(12-14-6-5-10-22(14)2)18-16(21-19)7-4-8-17(18)23-3/h4,7-8,14,21H,5-6,9-13H2,1-3H3/t14-,20+/m1/s1. The van der Waals surface area contributed by atoms with Crippen LogP contribution < -0.4 is 4.74 Å². The number of benzene rings is 1.